The van der Waals surface area contributed by atoms with Gasteiger partial charge in [0.25, 0.3) is 0 Å². The molecule has 2 aromatic rings. The summed E-state index contributed by atoms with van der Waals surface area (Å²) in [5.74, 6) is 0. The Bertz CT molecular complexity index is 547. The summed E-state index contributed by atoms with van der Waals surface area (Å²) in [6.07, 6.45) is 0. The van der Waals surface area contributed by atoms with Gasteiger partial charge in [0.2, 0.25) is 0 Å². The molecule has 100 valence electrons. The normalized spacial score (nSPS) is 16.7. The number of thiophene rings is 1. The number of benzene rings is 1. The van der Waals surface area contributed by atoms with Crippen LogP contribution in [0.25, 0.3) is 10.4 Å². The van der Waals surface area contributed by atoms with Crippen LogP contribution in [-0.4, -0.2) is 31.1 Å². The highest BCUT2D eigenvalue weighted by Gasteiger charge is 2.12. The lowest BCUT2D eigenvalue weighted by Crippen LogP contribution is -2.42. The number of nitrogens with one attached hydrogen (secondary N) is 1. The van der Waals surface area contributed by atoms with Gasteiger partial charge in [-0.2, -0.15) is 0 Å². The molecule has 1 aromatic carbocycles. The van der Waals surface area contributed by atoms with Crippen LogP contribution in [0.15, 0.2) is 36.4 Å². The highest BCUT2D eigenvalue weighted by molar-refractivity contribution is 7.15. The summed E-state index contributed by atoms with van der Waals surface area (Å²) in [6, 6.07) is 12.5. The standard InChI is InChI=1S/C15H17ClN2S/c16-14-4-2-1-3-13(14)15-6-5-12(19-15)11-18-9-7-17-8-10-18/h1-6,17H,7-11H2. The molecule has 1 aliphatic rings. The molecule has 0 amide bonds. The predicted molar refractivity (Wildman–Crippen MR) is 82.9 cm³/mol. The quantitative estimate of drug-likeness (QED) is 0.932. The SMILES string of the molecule is Clc1ccccc1-c1ccc(CN2CCNCC2)s1. The summed E-state index contributed by atoms with van der Waals surface area (Å²) in [6.45, 7) is 5.53. The van der Waals surface area contributed by atoms with Crippen molar-refractivity contribution in [3.63, 3.8) is 0 Å². The zero-order chi connectivity index (χ0) is 13.1. The van der Waals surface area contributed by atoms with E-state index in [1.54, 1.807) is 0 Å². The van der Waals surface area contributed by atoms with Gasteiger partial charge in [-0.3, -0.25) is 4.90 Å². The molecule has 0 radical (unpaired) electrons. The van der Waals surface area contributed by atoms with Crippen LogP contribution < -0.4 is 5.32 Å². The Morgan fingerprint density at radius 2 is 1.89 bits per heavy atom. The van der Waals surface area contributed by atoms with Crippen molar-refractivity contribution in [3.8, 4) is 10.4 Å². The van der Waals surface area contributed by atoms with Crippen molar-refractivity contribution in [3.05, 3.63) is 46.3 Å². The molecule has 0 bridgehead atoms. The largest absolute Gasteiger partial charge is 0.314 e. The van der Waals surface area contributed by atoms with Crippen LogP contribution in [0.4, 0.5) is 0 Å². The summed E-state index contributed by atoms with van der Waals surface area (Å²) >= 11 is 8.10. The topological polar surface area (TPSA) is 15.3 Å². The van der Waals surface area contributed by atoms with E-state index < -0.39 is 0 Å². The van der Waals surface area contributed by atoms with Gasteiger partial charge in [-0.25, -0.2) is 0 Å². The van der Waals surface area contributed by atoms with Gasteiger partial charge in [0.1, 0.15) is 0 Å². The Morgan fingerprint density at radius 1 is 1.11 bits per heavy atom. The van der Waals surface area contributed by atoms with E-state index in [4.69, 9.17) is 11.6 Å². The van der Waals surface area contributed by atoms with Crippen molar-refractivity contribution in [2.45, 2.75) is 6.54 Å². The van der Waals surface area contributed by atoms with Gasteiger partial charge < -0.3 is 5.32 Å². The van der Waals surface area contributed by atoms with E-state index in [-0.39, 0.29) is 0 Å². The van der Waals surface area contributed by atoms with Gasteiger partial charge in [0.15, 0.2) is 0 Å². The fourth-order valence-corrected chi connectivity index (χ4v) is 3.74. The molecule has 19 heavy (non-hydrogen) atoms. The van der Waals surface area contributed by atoms with Crippen LogP contribution in [0.5, 0.6) is 0 Å². The average molecular weight is 293 g/mol. The van der Waals surface area contributed by atoms with E-state index in [0.29, 0.717) is 0 Å². The lowest BCUT2D eigenvalue weighted by Gasteiger charge is -2.26. The van der Waals surface area contributed by atoms with Crippen molar-refractivity contribution in [2.75, 3.05) is 26.2 Å². The molecule has 1 aromatic heterocycles. The molecule has 1 N–H and O–H groups in total. The first-order valence-electron chi connectivity index (χ1n) is 6.59. The van der Waals surface area contributed by atoms with Crippen molar-refractivity contribution in [1.82, 2.24) is 10.2 Å². The van der Waals surface area contributed by atoms with Crippen molar-refractivity contribution in [1.29, 1.82) is 0 Å². The minimum Gasteiger partial charge on any atom is -0.314 e. The van der Waals surface area contributed by atoms with Gasteiger partial charge in [-0.15, -0.1) is 11.3 Å². The lowest BCUT2D eigenvalue weighted by atomic mass is 10.2. The number of halogens is 1. The number of hydrogen-bond donors (Lipinski definition) is 1. The van der Waals surface area contributed by atoms with E-state index in [9.17, 15) is 0 Å². The molecule has 1 aliphatic heterocycles. The van der Waals surface area contributed by atoms with Crippen LogP contribution in [0.3, 0.4) is 0 Å². The van der Waals surface area contributed by atoms with Gasteiger partial charge >= 0.3 is 0 Å². The number of rotatable bonds is 3. The third-order valence-corrected chi connectivity index (χ3v) is 4.82. The average Bonchev–Trinajstić information content (AvgIpc) is 2.89. The molecule has 3 rings (SSSR count). The third kappa shape index (κ3) is 3.18. The zero-order valence-electron chi connectivity index (χ0n) is 10.7. The zero-order valence-corrected chi connectivity index (χ0v) is 12.3. The van der Waals surface area contributed by atoms with Crippen molar-refractivity contribution in [2.24, 2.45) is 0 Å². The Hall–Kier alpha value is -0.870. The summed E-state index contributed by atoms with van der Waals surface area (Å²) in [5.41, 5.74) is 1.14. The van der Waals surface area contributed by atoms with Crippen molar-refractivity contribution >= 4 is 22.9 Å². The second-order valence-electron chi connectivity index (χ2n) is 4.77. The highest BCUT2D eigenvalue weighted by Crippen LogP contribution is 2.33. The first-order valence-corrected chi connectivity index (χ1v) is 7.79. The van der Waals surface area contributed by atoms with Crippen LogP contribution in [0, 0.1) is 0 Å². The molecule has 1 saturated heterocycles. The molecule has 1 fully saturated rings. The molecule has 0 unspecified atom stereocenters. The molecule has 0 spiro atoms. The molecular weight excluding hydrogens is 276 g/mol. The Morgan fingerprint density at radius 3 is 2.68 bits per heavy atom. The van der Waals surface area contributed by atoms with Crippen LogP contribution in [-0.2, 0) is 6.54 Å². The fourth-order valence-electron chi connectivity index (χ4n) is 2.36. The molecular formula is C15H17ClN2S. The van der Waals surface area contributed by atoms with Gasteiger partial charge in [0.05, 0.1) is 0 Å². The van der Waals surface area contributed by atoms with Crippen LogP contribution >= 0.6 is 22.9 Å². The number of hydrogen-bond acceptors (Lipinski definition) is 3. The van der Waals surface area contributed by atoms with Crippen molar-refractivity contribution < 1.29 is 0 Å². The number of nitrogens with zero attached hydrogens (tertiary/aromatic N) is 1. The lowest BCUT2D eigenvalue weighted by molar-refractivity contribution is 0.235. The summed E-state index contributed by atoms with van der Waals surface area (Å²) in [7, 11) is 0. The Kier molecular flexibility index (Phi) is 4.18. The maximum absolute atomic E-state index is 6.25. The monoisotopic (exact) mass is 292 g/mol. The fraction of sp³-hybridized carbons (Fsp3) is 0.333. The minimum absolute atomic E-state index is 0.832. The first-order chi connectivity index (χ1) is 9.33. The first kappa shape index (κ1) is 13.1. The smallest absolute Gasteiger partial charge is 0.0492 e. The van der Waals surface area contributed by atoms with Crippen LogP contribution in [0.1, 0.15) is 4.88 Å². The maximum Gasteiger partial charge on any atom is 0.0492 e. The van der Waals surface area contributed by atoms with E-state index in [0.717, 1.165) is 43.3 Å². The Balaban J connectivity index is 1.74. The molecule has 4 heteroatoms. The maximum atomic E-state index is 6.25. The molecule has 0 aliphatic carbocycles. The van der Waals surface area contributed by atoms with Gasteiger partial charge in [-0.1, -0.05) is 29.8 Å². The van der Waals surface area contributed by atoms with E-state index in [1.165, 1.54) is 9.75 Å². The van der Waals surface area contributed by atoms with E-state index >= 15 is 0 Å². The van der Waals surface area contributed by atoms with Gasteiger partial charge in [0, 0.05) is 53.1 Å². The van der Waals surface area contributed by atoms with Crippen LogP contribution in [0.2, 0.25) is 5.02 Å². The summed E-state index contributed by atoms with van der Waals surface area (Å²) < 4.78 is 0. The third-order valence-electron chi connectivity index (χ3n) is 3.39. The summed E-state index contributed by atoms with van der Waals surface area (Å²) in [5, 5.41) is 4.21. The molecule has 2 nitrogen and oxygen atoms in total. The molecule has 0 atom stereocenters. The Labute approximate surface area is 123 Å². The van der Waals surface area contributed by atoms with E-state index in [2.05, 4.69) is 28.4 Å². The second-order valence-corrected chi connectivity index (χ2v) is 6.35. The van der Waals surface area contributed by atoms with Gasteiger partial charge in [-0.05, 0) is 18.2 Å². The predicted octanol–water partition coefficient (Wildman–Crippen LogP) is 3.47. The van der Waals surface area contributed by atoms with E-state index in [1.807, 2.05) is 29.5 Å². The molecule has 2 heterocycles. The minimum atomic E-state index is 0.832. The molecule has 0 saturated carbocycles. The number of piperazine rings is 1. The highest BCUT2D eigenvalue weighted by atomic mass is 35.5. The second kappa shape index (κ2) is 6.06. The summed E-state index contributed by atoms with van der Waals surface area (Å²) in [4.78, 5) is 5.17.